The van der Waals surface area contributed by atoms with E-state index in [4.69, 9.17) is 9.47 Å². The van der Waals surface area contributed by atoms with Crippen molar-refractivity contribution in [2.75, 3.05) is 40.8 Å². The number of methoxy groups -OCH3 is 1. The average Bonchev–Trinajstić information content (AvgIpc) is 2.82. The SMILES string of the molecule is COC(=O)c1c(C)[nH]c(C(=O)N(CCN(C)C)CC(=O)OC(C)(C)C)c1C. The Labute approximate surface area is 160 Å². The number of aryl methyl sites for hydroxylation is 1. The summed E-state index contributed by atoms with van der Waals surface area (Å²) in [5.74, 6) is -1.35. The highest BCUT2D eigenvalue weighted by atomic mass is 16.6. The van der Waals surface area contributed by atoms with Gasteiger partial charge in [-0.1, -0.05) is 0 Å². The molecule has 0 bridgehead atoms. The van der Waals surface area contributed by atoms with Gasteiger partial charge in [0.05, 0.1) is 12.7 Å². The molecule has 0 radical (unpaired) electrons. The first kappa shape index (κ1) is 22.7. The van der Waals surface area contributed by atoms with Crippen LogP contribution in [0.3, 0.4) is 0 Å². The molecule has 8 nitrogen and oxygen atoms in total. The highest BCUT2D eigenvalue weighted by Gasteiger charge is 2.28. The van der Waals surface area contributed by atoms with Crippen molar-refractivity contribution in [3.05, 3.63) is 22.5 Å². The van der Waals surface area contributed by atoms with Crippen LogP contribution in [0.2, 0.25) is 0 Å². The maximum atomic E-state index is 13.1. The third kappa shape index (κ3) is 6.39. The van der Waals surface area contributed by atoms with E-state index in [1.807, 2.05) is 19.0 Å². The number of aromatic nitrogens is 1. The molecule has 27 heavy (non-hydrogen) atoms. The highest BCUT2D eigenvalue weighted by molar-refractivity contribution is 6.01. The number of likely N-dealkylation sites (N-methyl/N-ethyl adjacent to an activating group) is 1. The van der Waals surface area contributed by atoms with E-state index in [-0.39, 0.29) is 18.1 Å². The molecule has 1 amide bonds. The molecule has 0 aliphatic carbocycles. The Bertz CT molecular complexity index is 701. The molecule has 0 fully saturated rings. The molecule has 1 N–H and O–H groups in total. The number of carbonyl (C=O) groups excluding carboxylic acids is 3. The van der Waals surface area contributed by atoms with Crippen LogP contribution < -0.4 is 0 Å². The maximum Gasteiger partial charge on any atom is 0.339 e. The Hall–Kier alpha value is -2.35. The lowest BCUT2D eigenvalue weighted by atomic mass is 10.1. The molecule has 152 valence electrons. The number of amides is 1. The molecule has 0 aromatic carbocycles. The first-order valence-electron chi connectivity index (χ1n) is 8.80. The number of nitrogens with one attached hydrogen (secondary N) is 1. The van der Waals surface area contributed by atoms with Crippen LogP contribution in [0.5, 0.6) is 0 Å². The molecule has 1 aromatic heterocycles. The van der Waals surface area contributed by atoms with Crippen molar-refractivity contribution in [3.63, 3.8) is 0 Å². The van der Waals surface area contributed by atoms with Crippen LogP contribution in [0.15, 0.2) is 0 Å². The van der Waals surface area contributed by atoms with E-state index in [1.165, 1.54) is 12.0 Å². The minimum atomic E-state index is -0.635. The summed E-state index contributed by atoms with van der Waals surface area (Å²) in [4.78, 5) is 43.6. The quantitative estimate of drug-likeness (QED) is 0.724. The van der Waals surface area contributed by atoms with Gasteiger partial charge in [0, 0.05) is 18.8 Å². The first-order chi connectivity index (χ1) is 12.4. The average molecular weight is 381 g/mol. The van der Waals surface area contributed by atoms with Gasteiger partial charge >= 0.3 is 11.9 Å². The molecule has 0 aliphatic heterocycles. The molecular weight excluding hydrogens is 350 g/mol. The zero-order valence-electron chi connectivity index (χ0n) is 17.6. The van der Waals surface area contributed by atoms with Gasteiger partial charge in [-0.15, -0.1) is 0 Å². The second kappa shape index (κ2) is 9.03. The van der Waals surface area contributed by atoms with Gasteiger partial charge in [0.1, 0.15) is 17.8 Å². The van der Waals surface area contributed by atoms with Gasteiger partial charge in [-0.3, -0.25) is 9.59 Å². The largest absolute Gasteiger partial charge is 0.465 e. The number of nitrogens with zero attached hydrogens (tertiary/aromatic N) is 2. The summed E-state index contributed by atoms with van der Waals surface area (Å²) in [5, 5.41) is 0. The fourth-order valence-electron chi connectivity index (χ4n) is 2.63. The van der Waals surface area contributed by atoms with Crippen molar-refractivity contribution < 1.29 is 23.9 Å². The second-order valence-corrected chi connectivity index (χ2v) is 7.73. The lowest BCUT2D eigenvalue weighted by Gasteiger charge is -2.26. The minimum Gasteiger partial charge on any atom is -0.465 e. The lowest BCUT2D eigenvalue weighted by Crippen LogP contribution is -2.42. The first-order valence-corrected chi connectivity index (χ1v) is 8.80. The molecule has 1 heterocycles. The summed E-state index contributed by atoms with van der Waals surface area (Å²) in [6, 6.07) is 0. The molecule has 0 spiro atoms. The third-order valence-corrected chi connectivity index (χ3v) is 3.89. The topological polar surface area (TPSA) is 91.9 Å². The van der Waals surface area contributed by atoms with Crippen molar-refractivity contribution in [1.29, 1.82) is 0 Å². The third-order valence-electron chi connectivity index (χ3n) is 3.89. The van der Waals surface area contributed by atoms with E-state index >= 15 is 0 Å². The van der Waals surface area contributed by atoms with Gasteiger partial charge in [-0.25, -0.2) is 4.79 Å². The van der Waals surface area contributed by atoms with Crippen LogP contribution in [0.25, 0.3) is 0 Å². The number of hydrogen-bond acceptors (Lipinski definition) is 6. The maximum absolute atomic E-state index is 13.1. The molecular formula is C19H31N3O5. The van der Waals surface area contributed by atoms with Crippen LogP contribution in [-0.4, -0.2) is 79.1 Å². The number of ether oxygens (including phenoxy) is 2. The summed E-state index contributed by atoms with van der Waals surface area (Å²) < 4.78 is 10.1. The summed E-state index contributed by atoms with van der Waals surface area (Å²) in [6.45, 7) is 9.46. The fraction of sp³-hybridized carbons (Fsp3) is 0.632. The van der Waals surface area contributed by atoms with Gasteiger partial charge in [0.25, 0.3) is 5.91 Å². The molecule has 0 saturated carbocycles. The van der Waals surface area contributed by atoms with Gasteiger partial charge in [-0.05, 0) is 54.3 Å². The van der Waals surface area contributed by atoms with Gasteiger partial charge < -0.3 is 24.3 Å². The number of carbonyl (C=O) groups is 3. The number of H-pyrrole nitrogens is 1. The Morgan fingerprint density at radius 1 is 1.07 bits per heavy atom. The minimum absolute atomic E-state index is 0.172. The molecule has 8 heteroatoms. The van der Waals surface area contributed by atoms with Gasteiger partial charge in [0.15, 0.2) is 0 Å². The number of aromatic amines is 1. The van der Waals surface area contributed by atoms with Crippen molar-refractivity contribution in [3.8, 4) is 0 Å². The predicted octanol–water partition coefficient (Wildman–Crippen LogP) is 1.76. The molecule has 0 aliphatic rings. The zero-order valence-corrected chi connectivity index (χ0v) is 17.6. The smallest absolute Gasteiger partial charge is 0.339 e. The number of rotatable bonds is 7. The summed E-state index contributed by atoms with van der Waals surface area (Å²) in [6.07, 6.45) is 0. The van der Waals surface area contributed by atoms with E-state index in [9.17, 15) is 14.4 Å². The molecule has 0 unspecified atom stereocenters. The van der Waals surface area contributed by atoms with Crippen molar-refractivity contribution in [1.82, 2.24) is 14.8 Å². The van der Waals surface area contributed by atoms with E-state index in [2.05, 4.69) is 4.98 Å². The van der Waals surface area contributed by atoms with Crippen molar-refractivity contribution in [2.24, 2.45) is 0 Å². The Kier molecular flexibility index (Phi) is 7.59. The zero-order chi connectivity index (χ0) is 20.9. The van der Waals surface area contributed by atoms with Gasteiger partial charge in [-0.2, -0.15) is 0 Å². The number of esters is 2. The normalized spacial score (nSPS) is 11.4. The van der Waals surface area contributed by atoms with E-state index in [0.29, 0.717) is 29.9 Å². The summed E-state index contributed by atoms with van der Waals surface area (Å²) >= 11 is 0. The molecule has 0 saturated heterocycles. The van der Waals surface area contributed by atoms with Crippen LogP contribution >= 0.6 is 0 Å². The molecule has 1 rings (SSSR count). The summed E-state index contributed by atoms with van der Waals surface area (Å²) in [7, 11) is 5.06. The van der Waals surface area contributed by atoms with Crippen molar-refractivity contribution in [2.45, 2.75) is 40.2 Å². The summed E-state index contributed by atoms with van der Waals surface area (Å²) in [5.41, 5.74) is 1.03. The van der Waals surface area contributed by atoms with Crippen LogP contribution in [0.1, 0.15) is 52.9 Å². The Balaban J connectivity index is 3.13. The van der Waals surface area contributed by atoms with E-state index < -0.39 is 17.5 Å². The fourth-order valence-corrected chi connectivity index (χ4v) is 2.63. The Morgan fingerprint density at radius 3 is 2.15 bits per heavy atom. The standard InChI is InChI=1S/C19H31N3O5/c1-12-15(18(25)26-8)13(2)20-16(12)17(24)22(10-9-21(6)7)11-14(23)27-19(3,4)5/h20H,9-11H2,1-8H3. The Morgan fingerprint density at radius 2 is 1.67 bits per heavy atom. The van der Waals surface area contributed by atoms with Crippen molar-refractivity contribution >= 4 is 17.8 Å². The lowest BCUT2D eigenvalue weighted by molar-refractivity contribution is -0.155. The van der Waals surface area contributed by atoms with E-state index in [0.717, 1.165) is 0 Å². The molecule has 1 aromatic rings. The second-order valence-electron chi connectivity index (χ2n) is 7.73. The molecule has 0 atom stereocenters. The van der Waals surface area contributed by atoms with Crippen LogP contribution in [0.4, 0.5) is 0 Å². The van der Waals surface area contributed by atoms with Gasteiger partial charge in [0.2, 0.25) is 0 Å². The predicted molar refractivity (Wildman–Crippen MR) is 102 cm³/mol. The monoisotopic (exact) mass is 381 g/mol. The van der Waals surface area contributed by atoms with Crippen LogP contribution in [0, 0.1) is 13.8 Å². The van der Waals surface area contributed by atoms with Crippen LogP contribution in [-0.2, 0) is 14.3 Å². The highest BCUT2D eigenvalue weighted by Crippen LogP contribution is 2.20. The number of hydrogen-bond donors (Lipinski definition) is 1. The van der Waals surface area contributed by atoms with E-state index in [1.54, 1.807) is 34.6 Å².